The summed E-state index contributed by atoms with van der Waals surface area (Å²) in [4.78, 5) is 3.89. The summed E-state index contributed by atoms with van der Waals surface area (Å²) in [6.45, 7) is 5.00. The van der Waals surface area contributed by atoms with Crippen molar-refractivity contribution in [2.24, 2.45) is 0 Å². The SMILES string of the molecule is Cc1cc(NS(=O)(=O)C(C)C)ncc1N. The highest BCUT2D eigenvalue weighted by Crippen LogP contribution is 2.15. The van der Waals surface area contributed by atoms with Gasteiger partial charge in [-0.1, -0.05) is 0 Å². The Balaban J connectivity index is 2.96. The lowest BCUT2D eigenvalue weighted by molar-refractivity contribution is 0.592. The zero-order valence-electron chi connectivity index (χ0n) is 8.98. The fourth-order valence-corrected chi connectivity index (χ4v) is 1.52. The molecule has 0 aliphatic heterocycles. The summed E-state index contributed by atoms with van der Waals surface area (Å²) in [5.74, 6) is 0.301. The summed E-state index contributed by atoms with van der Waals surface area (Å²) in [6, 6.07) is 1.61. The molecule has 0 unspecified atom stereocenters. The number of nitrogens with one attached hydrogen (secondary N) is 1. The number of nitrogen functional groups attached to an aromatic ring is 1. The first-order chi connectivity index (χ1) is 6.83. The van der Waals surface area contributed by atoms with E-state index in [1.54, 1.807) is 26.8 Å². The molecule has 0 spiro atoms. The molecule has 1 rings (SSSR count). The minimum absolute atomic E-state index is 0.301. The van der Waals surface area contributed by atoms with Gasteiger partial charge in [0, 0.05) is 0 Å². The number of rotatable bonds is 3. The van der Waals surface area contributed by atoms with Gasteiger partial charge in [-0.2, -0.15) is 0 Å². The van der Waals surface area contributed by atoms with Crippen LogP contribution in [-0.4, -0.2) is 18.7 Å². The molecule has 0 atom stereocenters. The molecule has 0 amide bonds. The van der Waals surface area contributed by atoms with Gasteiger partial charge in [-0.05, 0) is 32.4 Å². The molecule has 1 heterocycles. The van der Waals surface area contributed by atoms with E-state index in [1.165, 1.54) is 6.20 Å². The van der Waals surface area contributed by atoms with Crippen LogP contribution in [0.3, 0.4) is 0 Å². The predicted molar refractivity (Wildman–Crippen MR) is 61.1 cm³/mol. The smallest absolute Gasteiger partial charge is 0.236 e. The van der Waals surface area contributed by atoms with E-state index in [0.717, 1.165) is 5.56 Å². The van der Waals surface area contributed by atoms with Gasteiger partial charge in [0.1, 0.15) is 5.82 Å². The van der Waals surface area contributed by atoms with Crippen molar-refractivity contribution in [2.75, 3.05) is 10.5 Å². The highest BCUT2D eigenvalue weighted by atomic mass is 32.2. The molecular weight excluding hydrogens is 214 g/mol. The monoisotopic (exact) mass is 229 g/mol. The molecule has 1 aromatic heterocycles. The first-order valence-corrected chi connectivity index (χ1v) is 6.11. The largest absolute Gasteiger partial charge is 0.397 e. The molecule has 1 aromatic rings. The van der Waals surface area contributed by atoms with Crippen LogP contribution < -0.4 is 10.5 Å². The fraction of sp³-hybridized carbons (Fsp3) is 0.444. The summed E-state index contributed by atoms with van der Waals surface area (Å²) >= 11 is 0. The second-order valence-electron chi connectivity index (χ2n) is 3.62. The van der Waals surface area contributed by atoms with Gasteiger partial charge in [0.05, 0.1) is 17.1 Å². The molecule has 0 saturated carbocycles. The van der Waals surface area contributed by atoms with Crippen molar-refractivity contribution in [1.29, 1.82) is 0 Å². The van der Waals surface area contributed by atoms with Crippen molar-refractivity contribution in [2.45, 2.75) is 26.0 Å². The topological polar surface area (TPSA) is 85.1 Å². The summed E-state index contributed by atoms with van der Waals surface area (Å²) in [5.41, 5.74) is 6.91. The van der Waals surface area contributed by atoms with Gasteiger partial charge in [0.25, 0.3) is 0 Å². The molecule has 0 saturated heterocycles. The van der Waals surface area contributed by atoms with E-state index >= 15 is 0 Å². The van der Waals surface area contributed by atoms with Crippen LogP contribution in [0.5, 0.6) is 0 Å². The van der Waals surface area contributed by atoms with E-state index in [-0.39, 0.29) is 0 Å². The standard InChI is InChI=1S/C9H15N3O2S/c1-6(2)15(13,14)12-9-4-7(3)8(10)5-11-9/h4-6H,10H2,1-3H3,(H,11,12). The van der Waals surface area contributed by atoms with Crippen molar-refractivity contribution in [3.63, 3.8) is 0 Å². The average Bonchev–Trinajstić information content (AvgIpc) is 2.10. The lowest BCUT2D eigenvalue weighted by Crippen LogP contribution is -2.23. The van der Waals surface area contributed by atoms with Crippen LogP contribution in [-0.2, 0) is 10.0 Å². The maximum atomic E-state index is 11.5. The van der Waals surface area contributed by atoms with Gasteiger partial charge in [-0.15, -0.1) is 0 Å². The molecule has 6 heteroatoms. The molecule has 0 bridgehead atoms. The third kappa shape index (κ3) is 2.82. The molecule has 15 heavy (non-hydrogen) atoms. The van der Waals surface area contributed by atoms with Crippen LogP contribution in [0.15, 0.2) is 12.3 Å². The second-order valence-corrected chi connectivity index (χ2v) is 5.86. The average molecular weight is 229 g/mol. The number of nitrogens with zero attached hydrogens (tertiary/aromatic N) is 1. The van der Waals surface area contributed by atoms with Gasteiger partial charge in [0.15, 0.2) is 0 Å². The van der Waals surface area contributed by atoms with E-state index in [0.29, 0.717) is 11.5 Å². The first kappa shape index (κ1) is 11.8. The molecule has 5 nitrogen and oxygen atoms in total. The first-order valence-electron chi connectivity index (χ1n) is 4.56. The summed E-state index contributed by atoms with van der Waals surface area (Å²) in [5, 5.41) is -0.489. The van der Waals surface area contributed by atoms with E-state index in [1.807, 2.05) is 0 Å². The number of hydrogen-bond acceptors (Lipinski definition) is 4. The number of sulfonamides is 1. The second kappa shape index (κ2) is 4.06. The molecule has 0 aromatic carbocycles. The molecule has 84 valence electrons. The van der Waals surface area contributed by atoms with Crippen molar-refractivity contribution < 1.29 is 8.42 Å². The molecule has 0 fully saturated rings. The minimum Gasteiger partial charge on any atom is -0.397 e. The summed E-state index contributed by atoms with van der Waals surface area (Å²) in [7, 11) is -3.33. The maximum Gasteiger partial charge on any atom is 0.236 e. The third-order valence-corrected chi connectivity index (χ3v) is 3.75. The number of anilines is 2. The number of hydrogen-bond donors (Lipinski definition) is 2. The molecule has 0 aliphatic rings. The molecular formula is C9H15N3O2S. The van der Waals surface area contributed by atoms with Gasteiger partial charge < -0.3 is 5.73 Å². The highest BCUT2D eigenvalue weighted by molar-refractivity contribution is 7.93. The Morgan fingerprint density at radius 2 is 2.07 bits per heavy atom. The molecule has 3 N–H and O–H groups in total. The van der Waals surface area contributed by atoms with Gasteiger partial charge in [0.2, 0.25) is 10.0 Å². The lowest BCUT2D eigenvalue weighted by atomic mass is 10.2. The van der Waals surface area contributed by atoms with Crippen molar-refractivity contribution in [1.82, 2.24) is 4.98 Å². The normalized spacial score (nSPS) is 11.7. The van der Waals surface area contributed by atoms with Gasteiger partial charge in [-0.3, -0.25) is 4.72 Å². The van der Waals surface area contributed by atoms with E-state index in [2.05, 4.69) is 9.71 Å². The van der Waals surface area contributed by atoms with Gasteiger partial charge in [-0.25, -0.2) is 13.4 Å². The summed E-state index contributed by atoms with van der Waals surface area (Å²) < 4.78 is 25.4. The van der Waals surface area contributed by atoms with Crippen molar-refractivity contribution in [3.05, 3.63) is 17.8 Å². The maximum absolute atomic E-state index is 11.5. The lowest BCUT2D eigenvalue weighted by Gasteiger charge is -2.10. The van der Waals surface area contributed by atoms with Crippen LogP contribution >= 0.6 is 0 Å². The van der Waals surface area contributed by atoms with Crippen LogP contribution in [0.4, 0.5) is 11.5 Å². The van der Waals surface area contributed by atoms with Crippen molar-refractivity contribution in [3.8, 4) is 0 Å². The molecule has 0 radical (unpaired) electrons. The minimum atomic E-state index is -3.33. The Morgan fingerprint density at radius 1 is 1.47 bits per heavy atom. The third-order valence-electron chi connectivity index (χ3n) is 2.02. The van der Waals surface area contributed by atoms with Crippen LogP contribution in [0.2, 0.25) is 0 Å². The number of nitrogens with two attached hydrogens (primary N) is 1. The van der Waals surface area contributed by atoms with E-state index < -0.39 is 15.3 Å². The Kier molecular flexibility index (Phi) is 3.18. The zero-order chi connectivity index (χ0) is 11.6. The number of aromatic nitrogens is 1. The molecule has 0 aliphatic carbocycles. The van der Waals surface area contributed by atoms with Gasteiger partial charge >= 0.3 is 0 Å². The van der Waals surface area contributed by atoms with E-state index in [9.17, 15) is 8.42 Å². The number of aryl methyl sites for hydroxylation is 1. The zero-order valence-corrected chi connectivity index (χ0v) is 9.80. The van der Waals surface area contributed by atoms with E-state index in [4.69, 9.17) is 5.73 Å². The van der Waals surface area contributed by atoms with Crippen LogP contribution in [0, 0.1) is 6.92 Å². The van der Waals surface area contributed by atoms with Crippen LogP contribution in [0.25, 0.3) is 0 Å². The number of pyridine rings is 1. The van der Waals surface area contributed by atoms with Crippen LogP contribution in [0.1, 0.15) is 19.4 Å². The Labute approximate surface area is 89.8 Å². The quantitative estimate of drug-likeness (QED) is 0.813. The highest BCUT2D eigenvalue weighted by Gasteiger charge is 2.16. The fourth-order valence-electron chi connectivity index (χ4n) is 0.886. The Morgan fingerprint density at radius 3 is 2.53 bits per heavy atom. The predicted octanol–water partition coefficient (Wildman–Crippen LogP) is 1.12. The van der Waals surface area contributed by atoms with Crippen molar-refractivity contribution >= 4 is 21.5 Å². The Hall–Kier alpha value is -1.30. The Bertz CT molecular complexity index is 454. The summed E-state index contributed by atoms with van der Waals surface area (Å²) in [6.07, 6.45) is 1.44.